The van der Waals surface area contributed by atoms with E-state index in [0.717, 1.165) is 5.76 Å². The normalized spacial score (nSPS) is 12.4. The third kappa shape index (κ3) is 3.21. The van der Waals surface area contributed by atoms with E-state index in [1.807, 2.05) is 13.0 Å². The van der Waals surface area contributed by atoms with Gasteiger partial charge in [-0.05, 0) is 25.5 Å². The monoisotopic (exact) mass is 194 g/mol. The lowest BCUT2D eigenvalue weighted by atomic mass is 10.2. The Morgan fingerprint density at radius 1 is 1.64 bits per heavy atom. The van der Waals surface area contributed by atoms with Gasteiger partial charge in [0.25, 0.3) is 0 Å². The van der Waals surface area contributed by atoms with Crippen molar-refractivity contribution in [1.29, 1.82) is 5.26 Å². The van der Waals surface area contributed by atoms with E-state index in [2.05, 4.69) is 5.32 Å². The van der Waals surface area contributed by atoms with Gasteiger partial charge in [-0.25, -0.2) is 0 Å². The van der Waals surface area contributed by atoms with Crippen molar-refractivity contribution in [2.75, 3.05) is 6.61 Å². The van der Waals surface area contributed by atoms with Crippen LogP contribution in [0.25, 0.3) is 0 Å². The lowest BCUT2D eigenvalue weighted by molar-refractivity contribution is 0.267. The number of hydrogen-bond donors (Lipinski definition) is 2. The van der Waals surface area contributed by atoms with Crippen LogP contribution in [0.4, 0.5) is 0 Å². The molecule has 2 N–H and O–H groups in total. The van der Waals surface area contributed by atoms with Crippen LogP contribution in [0.1, 0.15) is 24.9 Å². The highest BCUT2D eigenvalue weighted by atomic mass is 16.3. The third-order valence-electron chi connectivity index (χ3n) is 1.96. The van der Waals surface area contributed by atoms with Crippen molar-refractivity contribution in [3.8, 4) is 6.07 Å². The highest BCUT2D eigenvalue weighted by Gasteiger charge is 2.03. The highest BCUT2D eigenvalue weighted by Crippen LogP contribution is 2.06. The second-order valence-corrected chi connectivity index (χ2v) is 3.17. The average Bonchev–Trinajstić information content (AvgIpc) is 2.63. The molecule has 1 rings (SSSR count). The SMILES string of the molecule is CC(CCO)NCc1ccc(C#N)o1. The summed E-state index contributed by atoms with van der Waals surface area (Å²) in [6, 6.07) is 5.59. The third-order valence-corrected chi connectivity index (χ3v) is 1.96. The van der Waals surface area contributed by atoms with Crippen LogP contribution in [-0.4, -0.2) is 17.8 Å². The van der Waals surface area contributed by atoms with E-state index in [4.69, 9.17) is 14.8 Å². The summed E-state index contributed by atoms with van der Waals surface area (Å²) in [5.41, 5.74) is 0. The van der Waals surface area contributed by atoms with E-state index in [0.29, 0.717) is 18.7 Å². The van der Waals surface area contributed by atoms with E-state index in [9.17, 15) is 0 Å². The molecule has 0 aliphatic heterocycles. The molecule has 1 aromatic heterocycles. The number of nitrogens with zero attached hydrogens (tertiary/aromatic N) is 1. The molecule has 1 heterocycles. The molecule has 0 aromatic carbocycles. The van der Waals surface area contributed by atoms with Crippen molar-refractivity contribution in [3.05, 3.63) is 23.7 Å². The lowest BCUT2D eigenvalue weighted by Gasteiger charge is -2.10. The highest BCUT2D eigenvalue weighted by molar-refractivity contribution is 5.18. The van der Waals surface area contributed by atoms with Crippen LogP contribution < -0.4 is 5.32 Å². The van der Waals surface area contributed by atoms with Crippen LogP contribution >= 0.6 is 0 Å². The number of rotatable bonds is 5. The lowest BCUT2D eigenvalue weighted by Crippen LogP contribution is -2.26. The van der Waals surface area contributed by atoms with Crippen molar-refractivity contribution in [1.82, 2.24) is 5.32 Å². The Morgan fingerprint density at radius 2 is 2.43 bits per heavy atom. The number of nitrogens with one attached hydrogen (secondary N) is 1. The first-order chi connectivity index (χ1) is 6.76. The zero-order chi connectivity index (χ0) is 10.4. The Morgan fingerprint density at radius 3 is 3.00 bits per heavy atom. The van der Waals surface area contributed by atoms with E-state index >= 15 is 0 Å². The van der Waals surface area contributed by atoms with Gasteiger partial charge in [0.15, 0.2) is 0 Å². The standard InChI is InChI=1S/C10H14N2O2/c1-8(4-5-13)12-7-10-3-2-9(6-11)14-10/h2-3,8,12-13H,4-5,7H2,1H3. The summed E-state index contributed by atoms with van der Waals surface area (Å²) in [6.45, 7) is 2.75. The molecule has 76 valence electrons. The molecular formula is C10H14N2O2. The molecule has 0 saturated carbocycles. The Hall–Kier alpha value is -1.31. The van der Waals surface area contributed by atoms with Crippen molar-refractivity contribution in [3.63, 3.8) is 0 Å². The maximum absolute atomic E-state index is 8.67. The first-order valence-electron chi connectivity index (χ1n) is 4.59. The van der Waals surface area contributed by atoms with Crippen LogP contribution in [0.15, 0.2) is 16.5 Å². The minimum absolute atomic E-state index is 0.176. The van der Waals surface area contributed by atoms with Gasteiger partial charge in [0, 0.05) is 12.6 Å². The first kappa shape index (κ1) is 10.8. The van der Waals surface area contributed by atoms with Gasteiger partial charge in [0.1, 0.15) is 11.8 Å². The van der Waals surface area contributed by atoms with Gasteiger partial charge >= 0.3 is 0 Å². The van der Waals surface area contributed by atoms with Crippen LogP contribution in [0.3, 0.4) is 0 Å². The predicted octanol–water partition coefficient (Wildman–Crippen LogP) is 1.01. The van der Waals surface area contributed by atoms with Gasteiger partial charge in [0.2, 0.25) is 5.76 Å². The molecule has 0 radical (unpaired) electrons. The van der Waals surface area contributed by atoms with Gasteiger partial charge < -0.3 is 14.8 Å². The van der Waals surface area contributed by atoms with Gasteiger partial charge in [0.05, 0.1) is 6.54 Å². The zero-order valence-electron chi connectivity index (χ0n) is 8.16. The van der Waals surface area contributed by atoms with Gasteiger partial charge in [-0.15, -0.1) is 0 Å². The molecule has 0 aliphatic carbocycles. The minimum Gasteiger partial charge on any atom is -0.449 e. The van der Waals surface area contributed by atoms with Crippen LogP contribution in [0, 0.1) is 11.3 Å². The van der Waals surface area contributed by atoms with Crippen molar-refractivity contribution < 1.29 is 9.52 Å². The Labute approximate surface area is 83.2 Å². The summed E-state index contributed by atoms with van der Waals surface area (Å²) in [7, 11) is 0. The molecule has 14 heavy (non-hydrogen) atoms. The summed E-state index contributed by atoms with van der Waals surface area (Å²) in [4.78, 5) is 0. The molecule has 0 amide bonds. The molecule has 4 nitrogen and oxygen atoms in total. The van der Waals surface area contributed by atoms with Crippen LogP contribution in [0.5, 0.6) is 0 Å². The van der Waals surface area contributed by atoms with Crippen LogP contribution in [0.2, 0.25) is 0 Å². The smallest absolute Gasteiger partial charge is 0.203 e. The fourth-order valence-corrected chi connectivity index (χ4v) is 1.10. The fraction of sp³-hybridized carbons (Fsp3) is 0.500. The molecule has 1 unspecified atom stereocenters. The van der Waals surface area contributed by atoms with Gasteiger partial charge in [-0.3, -0.25) is 0 Å². The summed E-state index contributed by atoms with van der Waals surface area (Å²) in [5.74, 6) is 1.07. The molecule has 1 aromatic rings. The van der Waals surface area contributed by atoms with Crippen LogP contribution in [-0.2, 0) is 6.54 Å². The largest absolute Gasteiger partial charge is 0.449 e. The minimum atomic E-state index is 0.176. The molecule has 1 atom stereocenters. The fourth-order valence-electron chi connectivity index (χ4n) is 1.10. The van der Waals surface area contributed by atoms with E-state index in [-0.39, 0.29) is 12.6 Å². The Balaban J connectivity index is 2.35. The molecular weight excluding hydrogens is 180 g/mol. The van der Waals surface area contributed by atoms with Crippen molar-refractivity contribution in [2.45, 2.75) is 25.9 Å². The van der Waals surface area contributed by atoms with E-state index in [1.54, 1.807) is 12.1 Å². The molecule has 0 aliphatic rings. The average molecular weight is 194 g/mol. The molecule has 0 bridgehead atoms. The second kappa shape index (κ2) is 5.43. The topological polar surface area (TPSA) is 69.2 Å². The number of furan rings is 1. The summed E-state index contributed by atoms with van der Waals surface area (Å²) in [5, 5.41) is 20.4. The molecule has 0 spiro atoms. The van der Waals surface area contributed by atoms with Gasteiger partial charge in [-0.1, -0.05) is 0 Å². The Kier molecular flexibility index (Phi) is 4.17. The summed E-state index contributed by atoms with van der Waals surface area (Å²) < 4.78 is 5.18. The van der Waals surface area contributed by atoms with E-state index in [1.165, 1.54) is 0 Å². The van der Waals surface area contributed by atoms with E-state index < -0.39 is 0 Å². The Bertz CT molecular complexity index is 314. The molecule has 0 fully saturated rings. The summed E-state index contributed by atoms with van der Waals surface area (Å²) in [6.07, 6.45) is 0.714. The van der Waals surface area contributed by atoms with Crippen molar-refractivity contribution in [2.24, 2.45) is 0 Å². The molecule has 0 saturated heterocycles. The number of hydrogen-bond acceptors (Lipinski definition) is 4. The number of aliphatic hydroxyl groups is 1. The maximum atomic E-state index is 8.67. The van der Waals surface area contributed by atoms with Gasteiger partial charge in [-0.2, -0.15) is 5.26 Å². The predicted molar refractivity (Wildman–Crippen MR) is 51.4 cm³/mol. The number of aliphatic hydroxyl groups excluding tert-OH is 1. The maximum Gasteiger partial charge on any atom is 0.203 e. The second-order valence-electron chi connectivity index (χ2n) is 3.17. The number of nitriles is 1. The zero-order valence-corrected chi connectivity index (χ0v) is 8.16. The summed E-state index contributed by atoms with van der Waals surface area (Å²) >= 11 is 0. The first-order valence-corrected chi connectivity index (χ1v) is 4.59. The molecule has 4 heteroatoms. The quantitative estimate of drug-likeness (QED) is 0.734. The van der Waals surface area contributed by atoms with Crippen molar-refractivity contribution >= 4 is 0 Å².